The van der Waals surface area contributed by atoms with Crippen LogP contribution in [0.15, 0.2) is 94.7 Å². The number of hydrogen-bond acceptors (Lipinski definition) is 4. The van der Waals surface area contributed by atoms with Gasteiger partial charge in [-0.25, -0.2) is 8.42 Å². The second-order valence-electron chi connectivity index (χ2n) is 8.08. The van der Waals surface area contributed by atoms with E-state index in [2.05, 4.69) is 0 Å². The first-order valence-electron chi connectivity index (χ1n) is 11.3. The van der Waals surface area contributed by atoms with Crippen LogP contribution in [0.3, 0.4) is 0 Å². The Morgan fingerprint density at radius 2 is 0.946 bits per heavy atom. The highest BCUT2D eigenvalue weighted by atomic mass is 35.5. The smallest absolute Gasteiger partial charge is 0.207 e. The van der Waals surface area contributed by atoms with Crippen molar-refractivity contribution in [2.75, 3.05) is 14.2 Å². The molecule has 0 aliphatic heterocycles. The summed E-state index contributed by atoms with van der Waals surface area (Å²) in [6.07, 6.45) is 7.14. The van der Waals surface area contributed by atoms with Crippen LogP contribution in [0.4, 0.5) is 0 Å². The maximum absolute atomic E-state index is 13.9. The molecule has 0 saturated carbocycles. The molecule has 188 valence electrons. The van der Waals surface area contributed by atoms with Gasteiger partial charge in [0.25, 0.3) is 0 Å². The van der Waals surface area contributed by atoms with Crippen LogP contribution >= 0.6 is 23.2 Å². The van der Waals surface area contributed by atoms with E-state index in [1.807, 2.05) is 60.7 Å². The third-order valence-electron chi connectivity index (χ3n) is 5.66. The van der Waals surface area contributed by atoms with Crippen LogP contribution in [0.5, 0.6) is 11.5 Å². The molecule has 0 saturated heterocycles. The van der Waals surface area contributed by atoms with Crippen LogP contribution in [-0.2, 0) is 9.84 Å². The van der Waals surface area contributed by atoms with Crippen molar-refractivity contribution < 1.29 is 17.9 Å². The zero-order valence-electron chi connectivity index (χ0n) is 20.2. The fourth-order valence-electron chi connectivity index (χ4n) is 3.71. The van der Waals surface area contributed by atoms with Gasteiger partial charge in [0.1, 0.15) is 11.5 Å². The fraction of sp³-hybridized carbons (Fsp3) is 0.0667. The van der Waals surface area contributed by atoms with Crippen molar-refractivity contribution in [3.63, 3.8) is 0 Å². The predicted molar refractivity (Wildman–Crippen MR) is 152 cm³/mol. The number of benzene rings is 4. The highest BCUT2D eigenvalue weighted by Gasteiger charge is 2.23. The third kappa shape index (κ3) is 6.44. The van der Waals surface area contributed by atoms with Crippen LogP contribution < -0.4 is 9.47 Å². The Kier molecular flexibility index (Phi) is 8.39. The van der Waals surface area contributed by atoms with Gasteiger partial charge in [0.2, 0.25) is 9.84 Å². The molecule has 0 unspecified atom stereocenters. The van der Waals surface area contributed by atoms with Gasteiger partial charge < -0.3 is 9.47 Å². The number of sulfone groups is 1. The van der Waals surface area contributed by atoms with Crippen LogP contribution in [0.1, 0.15) is 22.3 Å². The van der Waals surface area contributed by atoms with Crippen molar-refractivity contribution in [3.05, 3.63) is 117 Å². The summed E-state index contributed by atoms with van der Waals surface area (Å²) in [4.78, 5) is 0.283. The average Bonchev–Trinajstić information content (AvgIpc) is 2.91. The van der Waals surface area contributed by atoms with Crippen LogP contribution in [0.25, 0.3) is 24.3 Å². The average molecular weight is 551 g/mol. The van der Waals surface area contributed by atoms with Crippen LogP contribution in [0.2, 0.25) is 10.0 Å². The molecule has 0 radical (unpaired) electrons. The molecule has 4 aromatic rings. The zero-order chi connectivity index (χ0) is 26.4. The lowest BCUT2D eigenvalue weighted by atomic mass is 10.1. The summed E-state index contributed by atoms with van der Waals surface area (Å²) in [5.41, 5.74) is 2.73. The summed E-state index contributed by atoms with van der Waals surface area (Å²) in [6, 6.07) is 24.4. The maximum Gasteiger partial charge on any atom is 0.207 e. The SMILES string of the molecule is COc1ccc(/C=C/c2cc(Cl)ccc2S(=O)(=O)c2ccc(Cl)cc2/C=C/c2ccc(OC)cc2)cc1. The minimum absolute atomic E-state index is 0.142. The molecule has 4 nitrogen and oxygen atoms in total. The number of halogens is 2. The first-order valence-corrected chi connectivity index (χ1v) is 13.5. The molecule has 0 aliphatic rings. The lowest BCUT2D eigenvalue weighted by Crippen LogP contribution is -2.06. The van der Waals surface area contributed by atoms with E-state index < -0.39 is 9.84 Å². The van der Waals surface area contributed by atoms with Crippen LogP contribution in [0, 0.1) is 0 Å². The molecule has 37 heavy (non-hydrogen) atoms. The van der Waals surface area contributed by atoms with Crippen LogP contribution in [-0.4, -0.2) is 22.6 Å². The summed E-state index contributed by atoms with van der Waals surface area (Å²) in [5.74, 6) is 1.47. The molecule has 0 N–H and O–H groups in total. The van der Waals surface area contributed by atoms with Gasteiger partial charge in [-0.05, 0) is 82.9 Å². The van der Waals surface area contributed by atoms with Gasteiger partial charge in [0.05, 0.1) is 24.0 Å². The second-order valence-corrected chi connectivity index (χ2v) is 10.8. The minimum atomic E-state index is -3.92. The van der Waals surface area contributed by atoms with Crippen molar-refractivity contribution in [2.24, 2.45) is 0 Å². The van der Waals surface area contributed by atoms with Crippen molar-refractivity contribution in [2.45, 2.75) is 9.79 Å². The molecule has 0 fully saturated rings. The Morgan fingerprint density at radius 1 is 0.568 bits per heavy atom. The molecule has 7 heteroatoms. The summed E-state index contributed by atoms with van der Waals surface area (Å²) < 4.78 is 38.2. The van der Waals surface area contributed by atoms with Gasteiger partial charge in [-0.2, -0.15) is 0 Å². The highest BCUT2D eigenvalue weighted by Crippen LogP contribution is 2.32. The van der Waals surface area contributed by atoms with E-state index in [0.29, 0.717) is 21.2 Å². The topological polar surface area (TPSA) is 52.6 Å². The number of rotatable bonds is 8. The van der Waals surface area contributed by atoms with Crippen molar-refractivity contribution in [3.8, 4) is 11.5 Å². The van der Waals surface area contributed by atoms with E-state index >= 15 is 0 Å². The lowest BCUT2D eigenvalue weighted by Gasteiger charge is -2.12. The lowest BCUT2D eigenvalue weighted by molar-refractivity contribution is 0.414. The molecule has 4 rings (SSSR count). The Hall–Kier alpha value is -3.51. The van der Waals surface area contributed by atoms with Gasteiger partial charge in [-0.1, -0.05) is 71.8 Å². The van der Waals surface area contributed by atoms with E-state index in [0.717, 1.165) is 22.6 Å². The molecule has 4 aromatic carbocycles. The molecule has 0 amide bonds. The number of hydrogen-bond donors (Lipinski definition) is 0. The fourth-order valence-corrected chi connectivity index (χ4v) is 5.68. The van der Waals surface area contributed by atoms with Crippen molar-refractivity contribution in [1.29, 1.82) is 0 Å². The van der Waals surface area contributed by atoms with E-state index in [1.54, 1.807) is 50.6 Å². The monoisotopic (exact) mass is 550 g/mol. The van der Waals surface area contributed by atoms with E-state index in [4.69, 9.17) is 32.7 Å². The Morgan fingerprint density at radius 3 is 1.30 bits per heavy atom. The standard InChI is InChI=1S/C30H24Cl2O4S/c1-35-27-13-5-21(6-14-27)3-9-23-19-25(31)11-17-29(23)37(33,34)30-18-12-26(32)20-24(30)10-4-22-7-15-28(36-2)16-8-22/h3-20H,1-2H3/b9-3+,10-4+. The summed E-state index contributed by atoms with van der Waals surface area (Å²) in [5, 5.41) is 0.869. The Bertz CT molecular complexity index is 1440. The molecule has 0 spiro atoms. The van der Waals surface area contributed by atoms with E-state index in [-0.39, 0.29) is 9.79 Å². The minimum Gasteiger partial charge on any atom is -0.497 e. The highest BCUT2D eigenvalue weighted by molar-refractivity contribution is 7.91. The maximum atomic E-state index is 13.9. The van der Waals surface area contributed by atoms with Gasteiger partial charge >= 0.3 is 0 Å². The second kappa shape index (κ2) is 11.7. The Balaban J connectivity index is 1.74. The molecular weight excluding hydrogens is 527 g/mol. The molecule has 0 aliphatic carbocycles. The number of ether oxygens (including phenoxy) is 2. The summed E-state index contributed by atoms with van der Waals surface area (Å²) >= 11 is 12.5. The van der Waals surface area contributed by atoms with Crippen molar-refractivity contribution >= 4 is 57.3 Å². The summed E-state index contributed by atoms with van der Waals surface area (Å²) in [7, 11) is -0.719. The van der Waals surface area contributed by atoms with Gasteiger partial charge in [-0.15, -0.1) is 0 Å². The number of methoxy groups -OCH3 is 2. The molecule has 0 bridgehead atoms. The molecular formula is C30H24Cl2O4S. The first kappa shape index (κ1) is 26.6. The molecule has 0 atom stereocenters. The van der Waals surface area contributed by atoms with E-state index in [1.165, 1.54) is 12.1 Å². The zero-order valence-corrected chi connectivity index (χ0v) is 22.5. The predicted octanol–water partition coefficient (Wildman–Crippen LogP) is 8.18. The molecule has 0 aromatic heterocycles. The summed E-state index contributed by atoms with van der Waals surface area (Å²) in [6.45, 7) is 0. The first-order chi connectivity index (χ1) is 17.8. The molecule has 0 heterocycles. The van der Waals surface area contributed by atoms with Crippen molar-refractivity contribution in [1.82, 2.24) is 0 Å². The normalized spacial score (nSPS) is 11.8. The third-order valence-corrected chi connectivity index (χ3v) is 8.04. The quantitative estimate of drug-likeness (QED) is 0.207. The van der Waals surface area contributed by atoms with Gasteiger partial charge in [-0.3, -0.25) is 0 Å². The van der Waals surface area contributed by atoms with Gasteiger partial charge in [0, 0.05) is 10.0 Å². The Labute approximate surface area is 227 Å². The van der Waals surface area contributed by atoms with E-state index in [9.17, 15) is 8.42 Å². The van der Waals surface area contributed by atoms with Gasteiger partial charge in [0.15, 0.2) is 0 Å². The largest absolute Gasteiger partial charge is 0.497 e.